The molecule has 1 fully saturated rings. The summed E-state index contributed by atoms with van der Waals surface area (Å²) in [5.41, 5.74) is -0.512. The number of hydrogen-bond acceptors (Lipinski definition) is 5. The fraction of sp³-hybridized carbons (Fsp3) is 0.941. The molecule has 0 spiro atoms. The molecule has 1 heterocycles. The van der Waals surface area contributed by atoms with Crippen LogP contribution in [0.15, 0.2) is 0 Å². The van der Waals surface area contributed by atoms with Crippen molar-refractivity contribution in [1.29, 1.82) is 0 Å². The van der Waals surface area contributed by atoms with Crippen molar-refractivity contribution in [2.45, 2.75) is 70.6 Å². The van der Waals surface area contributed by atoms with E-state index >= 15 is 0 Å². The van der Waals surface area contributed by atoms with Gasteiger partial charge in [0.25, 0.3) is 0 Å². The van der Waals surface area contributed by atoms with E-state index in [1.807, 2.05) is 20.8 Å². The minimum atomic E-state index is -0.457. The van der Waals surface area contributed by atoms with Crippen LogP contribution in [0.2, 0.25) is 0 Å². The maximum absolute atomic E-state index is 11.6. The predicted molar refractivity (Wildman–Crippen MR) is 90.7 cm³/mol. The smallest absolute Gasteiger partial charge is 0.407 e. The normalized spacial score (nSPS) is 22.8. The molecule has 136 valence electrons. The molecule has 0 bridgehead atoms. The lowest BCUT2D eigenvalue weighted by Gasteiger charge is -2.27. The van der Waals surface area contributed by atoms with Crippen molar-refractivity contribution in [3.05, 3.63) is 0 Å². The zero-order valence-electron chi connectivity index (χ0n) is 15.4. The average Bonchev–Trinajstić information content (AvgIpc) is 2.86. The second-order valence-corrected chi connectivity index (χ2v) is 7.51. The summed E-state index contributed by atoms with van der Waals surface area (Å²) in [6.07, 6.45) is 3.67. The van der Waals surface area contributed by atoms with E-state index in [0.717, 1.165) is 38.8 Å². The van der Waals surface area contributed by atoms with Crippen LogP contribution in [-0.2, 0) is 14.2 Å². The molecule has 0 radical (unpaired) electrons. The summed E-state index contributed by atoms with van der Waals surface area (Å²) >= 11 is 0. The first-order valence-electron chi connectivity index (χ1n) is 8.57. The van der Waals surface area contributed by atoms with Crippen LogP contribution >= 0.6 is 0 Å². The molecule has 1 aliphatic rings. The Morgan fingerprint density at radius 1 is 1.39 bits per heavy atom. The zero-order valence-corrected chi connectivity index (χ0v) is 15.4. The molecular weight excluding hydrogens is 296 g/mol. The summed E-state index contributed by atoms with van der Waals surface area (Å²) in [5.74, 6) is 0. The molecule has 6 heteroatoms. The van der Waals surface area contributed by atoms with Gasteiger partial charge in [-0.2, -0.15) is 0 Å². The van der Waals surface area contributed by atoms with Crippen LogP contribution < -0.4 is 10.6 Å². The van der Waals surface area contributed by atoms with Crippen LogP contribution in [0.3, 0.4) is 0 Å². The number of rotatable bonds is 9. The van der Waals surface area contributed by atoms with Gasteiger partial charge in [0, 0.05) is 32.8 Å². The quantitative estimate of drug-likeness (QED) is 0.636. The van der Waals surface area contributed by atoms with Crippen LogP contribution in [0.4, 0.5) is 4.79 Å². The minimum absolute atomic E-state index is 0.0548. The average molecular weight is 330 g/mol. The van der Waals surface area contributed by atoms with E-state index in [9.17, 15) is 4.79 Å². The van der Waals surface area contributed by atoms with Crippen molar-refractivity contribution >= 4 is 6.09 Å². The van der Waals surface area contributed by atoms with Gasteiger partial charge in [-0.3, -0.25) is 0 Å². The fourth-order valence-electron chi connectivity index (χ4n) is 2.64. The molecule has 2 N–H and O–H groups in total. The monoisotopic (exact) mass is 330 g/mol. The topological polar surface area (TPSA) is 68.8 Å². The van der Waals surface area contributed by atoms with Gasteiger partial charge in [0.05, 0.1) is 12.2 Å². The second kappa shape index (κ2) is 9.45. The maximum Gasteiger partial charge on any atom is 0.407 e. The molecule has 6 nitrogen and oxygen atoms in total. The summed E-state index contributed by atoms with van der Waals surface area (Å²) in [5, 5.41) is 6.32. The molecule has 0 saturated carbocycles. The van der Waals surface area contributed by atoms with Gasteiger partial charge in [-0.15, -0.1) is 0 Å². The number of methoxy groups -OCH3 is 1. The highest BCUT2D eigenvalue weighted by Gasteiger charge is 2.30. The van der Waals surface area contributed by atoms with E-state index in [4.69, 9.17) is 14.2 Å². The Balaban J connectivity index is 2.21. The first-order chi connectivity index (χ1) is 10.7. The number of hydrogen-bond donors (Lipinski definition) is 2. The van der Waals surface area contributed by atoms with Crippen molar-refractivity contribution in [1.82, 2.24) is 10.6 Å². The van der Waals surface area contributed by atoms with Crippen LogP contribution in [0.25, 0.3) is 0 Å². The van der Waals surface area contributed by atoms with Crippen molar-refractivity contribution in [2.24, 2.45) is 0 Å². The van der Waals surface area contributed by atoms with E-state index in [1.54, 1.807) is 7.11 Å². The minimum Gasteiger partial charge on any atom is -0.444 e. The molecule has 0 aliphatic carbocycles. The zero-order chi connectivity index (χ0) is 17.3. The highest BCUT2D eigenvalue weighted by Crippen LogP contribution is 2.24. The fourth-order valence-corrected chi connectivity index (χ4v) is 2.64. The van der Waals surface area contributed by atoms with Gasteiger partial charge in [-0.25, -0.2) is 4.79 Å². The molecule has 2 unspecified atom stereocenters. The molecule has 1 rings (SSSR count). The van der Waals surface area contributed by atoms with Crippen LogP contribution in [0.5, 0.6) is 0 Å². The van der Waals surface area contributed by atoms with Crippen molar-refractivity contribution in [3.8, 4) is 0 Å². The van der Waals surface area contributed by atoms with Crippen LogP contribution in [0.1, 0.15) is 53.4 Å². The molecule has 0 aromatic rings. The van der Waals surface area contributed by atoms with Gasteiger partial charge in [-0.1, -0.05) is 0 Å². The Kier molecular flexibility index (Phi) is 8.29. The molecule has 0 aromatic heterocycles. The van der Waals surface area contributed by atoms with Crippen molar-refractivity contribution < 1.29 is 19.0 Å². The SMILES string of the molecule is COCC(CCCNC(=O)OC(C)(C)C)NCC1(C)CCCO1. The van der Waals surface area contributed by atoms with Crippen LogP contribution in [0, 0.1) is 0 Å². The van der Waals surface area contributed by atoms with Gasteiger partial charge >= 0.3 is 6.09 Å². The number of alkyl carbamates (subject to hydrolysis) is 1. The molecular formula is C17H34N2O4. The first kappa shape index (κ1) is 20.2. The summed E-state index contributed by atoms with van der Waals surface area (Å²) in [4.78, 5) is 11.6. The third-order valence-corrected chi connectivity index (χ3v) is 3.83. The third kappa shape index (κ3) is 9.13. The van der Waals surface area contributed by atoms with E-state index in [1.165, 1.54) is 0 Å². The second-order valence-electron chi connectivity index (χ2n) is 7.51. The van der Waals surface area contributed by atoms with Gasteiger partial charge in [-0.05, 0) is 53.4 Å². The number of carbonyl (C=O) groups excluding carboxylic acids is 1. The van der Waals surface area contributed by atoms with E-state index in [0.29, 0.717) is 13.2 Å². The van der Waals surface area contributed by atoms with E-state index in [-0.39, 0.29) is 17.7 Å². The molecule has 1 saturated heterocycles. The Hall–Kier alpha value is -0.850. The molecule has 0 aromatic carbocycles. The van der Waals surface area contributed by atoms with Crippen molar-refractivity contribution in [3.63, 3.8) is 0 Å². The van der Waals surface area contributed by atoms with E-state index in [2.05, 4.69) is 17.6 Å². The van der Waals surface area contributed by atoms with E-state index < -0.39 is 5.60 Å². The highest BCUT2D eigenvalue weighted by molar-refractivity contribution is 5.67. The largest absolute Gasteiger partial charge is 0.444 e. The number of ether oxygens (including phenoxy) is 3. The lowest BCUT2D eigenvalue weighted by molar-refractivity contribution is 0.0158. The Morgan fingerprint density at radius 3 is 2.70 bits per heavy atom. The summed E-state index contributed by atoms with van der Waals surface area (Å²) < 4.78 is 16.3. The number of amides is 1. The Bertz CT molecular complexity index is 349. The molecule has 1 aliphatic heterocycles. The van der Waals surface area contributed by atoms with Gasteiger partial charge in [0.1, 0.15) is 5.60 Å². The molecule has 1 amide bonds. The van der Waals surface area contributed by atoms with Crippen LogP contribution in [-0.4, -0.2) is 56.8 Å². The highest BCUT2D eigenvalue weighted by atomic mass is 16.6. The lowest BCUT2D eigenvalue weighted by Crippen LogP contribution is -2.44. The standard InChI is InChI=1S/C17H34N2O4/c1-16(2,3)23-15(20)18-10-6-8-14(12-21-5)19-13-17(4)9-7-11-22-17/h14,19H,6-13H2,1-5H3,(H,18,20). The summed E-state index contributed by atoms with van der Waals surface area (Å²) in [6.45, 7) is 10.7. The summed E-state index contributed by atoms with van der Waals surface area (Å²) in [6, 6.07) is 0.265. The summed E-state index contributed by atoms with van der Waals surface area (Å²) in [7, 11) is 1.71. The molecule has 23 heavy (non-hydrogen) atoms. The first-order valence-corrected chi connectivity index (χ1v) is 8.57. The Labute approximate surface area is 140 Å². The van der Waals surface area contributed by atoms with Gasteiger partial charge in [0.15, 0.2) is 0 Å². The van der Waals surface area contributed by atoms with Gasteiger partial charge in [0.2, 0.25) is 0 Å². The number of nitrogens with one attached hydrogen (secondary N) is 2. The third-order valence-electron chi connectivity index (χ3n) is 3.83. The number of carbonyl (C=O) groups is 1. The van der Waals surface area contributed by atoms with Gasteiger partial charge < -0.3 is 24.8 Å². The molecule has 2 atom stereocenters. The Morgan fingerprint density at radius 2 is 2.13 bits per heavy atom. The predicted octanol–water partition coefficient (Wildman–Crippen LogP) is 2.46. The lowest BCUT2D eigenvalue weighted by atomic mass is 10.0. The maximum atomic E-state index is 11.6. The van der Waals surface area contributed by atoms with Crippen molar-refractivity contribution in [2.75, 3.05) is 33.4 Å².